The van der Waals surface area contributed by atoms with Crippen molar-refractivity contribution in [3.05, 3.63) is 69.7 Å². The highest BCUT2D eigenvalue weighted by molar-refractivity contribution is 7.88. The molecule has 0 unspecified atom stereocenters. The van der Waals surface area contributed by atoms with Crippen molar-refractivity contribution in [1.29, 1.82) is 0 Å². The van der Waals surface area contributed by atoms with E-state index in [0.29, 0.717) is 43.1 Å². The largest absolute Gasteiger partial charge is 0.352 e. The van der Waals surface area contributed by atoms with Gasteiger partial charge in [0.1, 0.15) is 0 Å². The molecule has 3 rings (SSSR count). The van der Waals surface area contributed by atoms with E-state index >= 15 is 0 Å². The standard InChI is InChI=1S/C24H31ClN2O3S/c1-3-18-8-9-20(4-2)22(14-18)16-26-24(28)21-10-12-27(13-11-21)31(29,30)17-19-6-5-7-23(25)15-19/h5-9,14-15,21H,3-4,10-13,16-17H2,1-2H3,(H,26,28). The van der Waals surface area contributed by atoms with Crippen molar-refractivity contribution >= 4 is 27.5 Å². The van der Waals surface area contributed by atoms with E-state index in [1.54, 1.807) is 24.3 Å². The van der Waals surface area contributed by atoms with Crippen LogP contribution in [0.3, 0.4) is 0 Å². The van der Waals surface area contributed by atoms with Gasteiger partial charge in [0.05, 0.1) is 5.75 Å². The Labute approximate surface area is 190 Å². The number of piperidine rings is 1. The normalized spacial score (nSPS) is 15.7. The van der Waals surface area contributed by atoms with Crippen LogP contribution in [0.2, 0.25) is 5.02 Å². The number of carbonyl (C=O) groups excluding carboxylic acids is 1. The fourth-order valence-corrected chi connectivity index (χ4v) is 5.82. The van der Waals surface area contributed by atoms with Crippen LogP contribution in [0.4, 0.5) is 0 Å². The Hall–Kier alpha value is -1.89. The van der Waals surface area contributed by atoms with Crippen LogP contribution in [0.25, 0.3) is 0 Å². The Balaban J connectivity index is 1.54. The van der Waals surface area contributed by atoms with Crippen molar-refractivity contribution in [2.24, 2.45) is 5.92 Å². The van der Waals surface area contributed by atoms with Crippen LogP contribution in [0.1, 0.15) is 48.9 Å². The van der Waals surface area contributed by atoms with E-state index in [0.717, 1.165) is 18.4 Å². The summed E-state index contributed by atoms with van der Waals surface area (Å²) < 4.78 is 27.0. The summed E-state index contributed by atoms with van der Waals surface area (Å²) in [6, 6.07) is 13.4. The molecule has 2 aromatic carbocycles. The van der Waals surface area contributed by atoms with E-state index in [1.165, 1.54) is 15.4 Å². The highest BCUT2D eigenvalue weighted by Crippen LogP contribution is 2.23. The molecule has 1 heterocycles. The third-order valence-electron chi connectivity index (χ3n) is 5.97. The third kappa shape index (κ3) is 6.31. The summed E-state index contributed by atoms with van der Waals surface area (Å²) in [5.74, 6) is -0.217. The van der Waals surface area contributed by atoms with Gasteiger partial charge in [0, 0.05) is 30.6 Å². The Kier molecular flexibility index (Phi) is 8.14. The lowest BCUT2D eigenvalue weighted by atomic mass is 9.96. The number of aryl methyl sites for hydroxylation is 2. The number of nitrogens with one attached hydrogen (secondary N) is 1. The molecule has 1 saturated heterocycles. The van der Waals surface area contributed by atoms with Gasteiger partial charge in [0.2, 0.25) is 15.9 Å². The molecule has 0 atom stereocenters. The van der Waals surface area contributed by atoms with Gasteiger partial charge in [0.25, 0.3) is 0 Å². The zero-order valence-electron chi connectivity index (χ0n) is 18.2. The van der Waals surface area contributed by atoms with Gasteiger partial charge in [-0.15, -0.1) is 0 Å². The molecule has 1 aliphatic rings. The Morgan fingerprint density at radius 2 is 1.77 bits per heavy atom. The van der Waals surface area contributed by atoms with E-state index in [-0.39, 0.29) is 17.6 Å². The maximum Gasteiger partial charge on any atom is 0.223 e. The minimum absolute atomic E-state index is 0.0100. The van der Waals surface area contributed by atoms with Crippen LogP contribution in [0, 0.1) is 5.92 Å². The van der Waals surface area contributed by atoms with Crippen LogP contribution in [-0.4, -0.2) is 31.7 Å². The first-order chi connectivity index (χ1) is 14.8. The zero-order chi connectivity index (χ0) is 22.4. The van der Waals surface area contributed by atoms with Crippen LogP contribution < -0.4 is 5.32 Å². The second kappa shape index (κ2) is 10.6. The number of hydrogen-bond acceptors (Lipinski definition) is 3. The van der Waals surface area contributed by atoms with Crippen molar-refractivity contribution < 1.29 is 13.2 Å². The maximum atomic E-state index is 12.8. The van der Waals surface area contributed by atoms with E-state index in [1.807, 2.05) is 0 Å². The van der Waals surface area contributed by atoms with Gasteiger partial charge >= 0.3 is 0 Å². The number of hydrogen-bond donors (Lipinski definition) is 1. The highest BCUT2D eigenvalue weighted by Gasteiger charge is 2.31. The first-order valence-electron chi connectivity index (χ1n) is 10.9. The summed E-state index contributed by atoms with van der Waals surface area (Å²) in [7, 11) is -3.43. The number of sulfonamides is 1. The molecule has 2 aromatic rings. The first kappa shape index (κ1) is 23.8. The topological polar surface area (TPSA) is 66.5 Å². The second-order valence-electron chi connectivity index (χ2n) is 8.09. The summed E-state index contributed by atoms with van der Waals surface area (Å²) in [5, 5.41) is 3.60. The molecule has 0 aliphatic carbocycles. The quantitative estimate of drug-likeness (QED) is 0.635. The number of amides is 1. The van der Waals surface area contributed by atoms with E-state index < -0.39 is 10.0 Å². The van der Waals surface area contributed by atoms with Crippen LogP contribution in [-0.2, 0) is 40.0 Å². The highest BCUT2D eigenvalue weighted by atomic mass is 35.5. The fraction of sp³-hybridized carbons (Fsp3) is 0.458. The molecule has 1 aliphatic heterocycles. The Bertz CT molecular complexity index is 1020. The van der Waals surface area contributed by atoms with Crippen molar-refractivity contribution in [3.8, 4) is 0 Å². The fourth-order valence-electron chi connectivity index (χ4n) is 4.06. The van der Waals surface area contributed by atoms with Crippen molar-refractivity contribution in [1.82, 2.24) is 9.62 Å². The molecule has 31 heavy (non-hydrogen) atoms. The molecule has 0 saturated carbocycles. The Morgan fingerprint density at radius 3 is 2.42 bits per heavy atom. The van der Waals surface area contributed by atoms with E-state index in [2.05, 4.69) is 37.4 Å². The van der Waals surface area contributed by atoms with Crippen LogP contribution >= 0.6 is 11.6 Å². The minimum Gasteiger partial charge on any atom is -0.352 e. The Morgan fingerprint density at radius 1 is 1.03 bits per heavy atom. The molecule has 7 heteroatoms. The predicted molar refractivity (Wildman–Crippen MR) is 125 cm³/mol. The smallest absolute Gasteiger partial charge is 0.223 e. The van der Waals surface area contributed by atoms with Crippen LogP contribution in [0.15, 0.2) is 42.5 Å². The average Bonchev–Trinajstić information content (AvgIpc) is 2.77. The van der Waals surface area contributed by atoms with Gasteiger partial charge in [-0.3, -0.25) is 4.79 Å². The van der Waals surface area contributed by atoms with Gasteiger partial charge in [-0.1, -0.05) is 55.8 Å². The molecule has 1 fully saturated rings. The maximum absolute atomic E-state index is 12.8. The molecular weight excluding hydrogens is 432 g/mol. The zero-order valence-corrected chi connectivity index (χ0v) is 19.8. The molecule has 0 aromatic heterocycles. The molecule has 0 radical (unpaired) electrons. The predicted octanol–water partition coefficient (Wildman–Crippen LogP) is 4.32. The second-order valence-corrected chi connectivity index (χ2v) is 10.5. The lowest BCUT2D eigenvalue weighted by Crippen LogP contribution is -2.43. The van der Waals surface area contributed by atoms with Gasteiger partial charge in [-0.25, -0.2) is 12.7 Å². The molecule has 0 bridgehead atoms. The number of halogens is 1. The van der Waals surface area contributed by atoms with Crippen LogP contribution in [0.5, 0.6) is 0 Å². The number of benzene rings is 2. The number of carbonyl (C=O) groups is 1. The van der Waals surface area contributed by atoms with Crippen molar-refractivity contribution in [2.45, 2.75) is 51.8 Å². The first-order valence-corrected chi connectivity index (χ1v) is 12.9. The summed E-state index contributed by atoms with van der Waals surface area (Å²) in [5.41, 5.74) is 4.35. The summed E-state index contributed by atoms with van der Waals surface area (Å²) in [4.78, 5) is 12.7. The van der Waals surface area contributed by atoms with Gasteiger partial charge in [-0.05, 0) is 60.1 Å². The summed E-state index contributed by atoms with van der Waals surface area (Å²) in [6.07, 6.45) is 2.97. The number of nitrogens with zero attached hydrogens (tertiary/aromatic N) is 1. The van der Waals surface area contributed by atoms with Gasteiger partial charge in [-0.2, -0.15) is 0 Å². The lowest BCUT2D eigenvalue weighted by Gasteiger charge is -2.30. The summed E-state index contributed by atoms with van der Waals surface area (Å²) >= 11 is 5.97. The molecule has 168 valence electrons. The van der Waals surface area contributed by atoms with Crippen molar-refractivity contribution in [2.75, 3.05) is 13.1 Å². The summed E-state index contributed by atoms with van der Waals surface area (Å²) in [6.45, 7) is 5.49. The minimum atomic E-state index is -3.43. The lowest BCUT2D eigenvalue weighted by molar-refractivity contribution is -0.126. The monoisotopic (exact) mass is 462 g/mol. The molecule has 0 spiro atoms. The van der Waals surface area contributed by atoms with Crippen molar-refractivity contribution in [3.63, 3.8) is 0 Å². The third-order valence-corrected chi connectivity index (χ3v) is 8.05. The number of rotatable bonds is 8. The molecule has 1 amide bonds. The van der Waals surface area contributed by atoms with E-state index in [4.69, 9.17) is 11.6 Å². The molecule has 1 N–H and O–H groups in total. The average molecular weight is 463 g/mol. The van der Waals surface area contributed by atoms with Gasteiger partial charge in [0.15, 0.2) is 0 Å². The SMILES string of the molecule is CCc1ccc(CC)c(CNC(=O)C2CCN(S(=O)(=O)Cc3cccc(Cl)c3)CC2)c1. The molecule has 5 nitrogen and oxygen atoms in total. The molecular formula is C24H31ClN2O3S. The van der Waals surface area contributed by atoms with E-state index in [9.17, 15) is 13.2 Å². The van der Waals surface area contributed by atoms with Gasteiger partial charge < -0.3 is 5.32 Å².